The SMILES string of the molecule is C[SiH](C)CC[CH]O[Si](C)(C)C. The Hall–Kier alpha value is 0.394. The average molecular weight is 189 g/mol. The van der Waals surface area contributed by atoms with Crippen molar-refractivity contribution in [3.8, 4) is 0 Å². The van der Waals surface area contributed by atoms with Gasteiger partial charge in [0.05, 0.1) is 6.61 Å². The second-order valence-electron chi connectivity index (χ2n) is 4.37. The fourth-order valence-electron chi connectivity index (χ4n) is 0.710. The van der Waals surface area contributed by atoms with Crippen LogP contribution in [0.3, 0.4) is 0 Å². The Morgan fingerprint density at radius 3 is 2.18 bits per heavy atom. The van der Waals surface area contributed by atoms with Crippen LogP contribution >= 0.6 is 0 Å². The molecule has 0 aromatic carbocycles. The van der Waals surface area contributed by atoms with Gasteiger partial charge in [-0.1, -0.05) is 19.1 Å². The van der Waals surface area contributed by atoms with Crippen LogP contribution in [0.2, 0.25) is 38.8 Å². The first kappa shape index (κ1) is 11.4. The van der Waals surface area contributed by atoms with Crippen LogP contribution in [0, 0.1) is 6.61 Å². The number of hydrogen-bond donors (Lipinski definition) is 0. The van der Waals surface area contributed by atoms with E-state index < -0.39 is 8.32 Å². The van der Waals surface area contributed by atoms with Crippen LogP contribution in [-0.2, 0) is 4.43 Å². The highest BCUT2D eigenvalue weighted by atomic mass is 28.4. The molecule has 0 aromatic rings. The molecule has 0 atom stereocenters. The van der Waals surface area contributed by atoms with E-state index in [0.717, 1.165) is 6.42 Å². The first-order valence-electron chi connectivity index (χ1n) is 4.41. The third-order valence-electron chi connectivity index (χ3n) is 1.30. The molecule has 0 aliphatic heterocycles. The van der Waals surface area contributed by atoms with Crippen molar-refractivity contribution in [1.29, 1.82) is 0 Å². The molecule has 1 nitrogen and oxygen atoms in total. The largest absolute Gasteiger partial charge is 0.412 e. The predicted molar refractivity (Wildman–Crippen MR) is 57.0 cm³/mol. The predicted octanol–water partition coefficient (Wildman–Crippen LogP) is 2.88. The van der Waals surface area contributed by atoms with E-state index in [2.05, 4.69) is 32.7 Å². The lowest BCUT2D eigenvalue weighted by Crippen LogP contribution is -2.23. The van der Waals surface area contributed by atoms with Crippen LogP contribution in [-0.4, -0.2) is 17.1 Å². The van der Waals surface area contributed by atoms with E-state index in [1.54, 1.807) is 0 Å². The highest BCUT2D eigenvalue weighted by Crippen LogP contribution is 2.08. The van der Waals surface area contributed by atoms with Gasteiger partial charge in [-0.2, -0.15) is 0 Å². The van der Waals surface area contributed by atoms with E-state index >= 15 is 0 Å². The highest BCUT2D eigenvalue weighted by molar-refractivity contribution is 6.69. The Bertz CT molecular complexity index is 96.8. The van der Waals surface area contributed by atoms with Crippen molar-refractivity contribution in [3.63, 3.8) is 0 Å². The Balaban J connectivity index is 3.15. The summed E-state index contributed by atoms with van der Waals surface area (Å²) < 4.78 is 5.62. The molecule has 11 heavy (non-hydrogen) atoms. The molecular formula is C8H21OSi2. The van der Waals surface area contributed by atoms with E-state index in [-0.39, 0.29) is 8.80 Å². The fraction of sp³-hybridized carbons (Fsp3) is 0.875. The minimum Gasteiger partial charge on any atom is -0.412 e. The molecule has 3 heteroatoms. The number of hydrogen-bond acceptors (Lipinski definition) is 1. The molecule has 0 amide bonds. The molecular weight excluding hydrogens is 168 g/mol. The first-order chi connectivity index (χ1) is 4.92. The van der Waals surface area contributed by atoms with Gasteiger partial charge in [0, 0.05) is 8.80 Å². The van der Waals surface area contributed by atoms with Gasteiger partial charge in [-0.3, -0.25) is 0 Å². The third kappa shape index (κ3) is 10.4. The van der Waals surface area contributed by atoms with Gasteiger partial charge in [-0.15, -0.1) is 0 Å². The summed E-state index contributed by atoms with van der Waals surface area (Å²) in [6.45, 7) is 13.4. The van der Waals surface area contributed by atoms with E-state index in [1.165, 1.54) is 6.04 Å². The Morgan fingerprint density at radius 2 is 1.82 bits per heavy atom. The van der Waals surface area contributed by atoms with Crippen LogP contribution in [0.1, 0.15) is 6.42 Å². The van der Waals surface area contributed by atoms with Gasteiger partial charge in [0.2, 0.25) is 0 Å². The number of rotatable bonds is 5. The van der Waals surface area contributed by atoms with Crippen LogP contribution in [0.25, 0.3) is 0 Å². The summed E-state index contributed by atoms with van der Waals surface area (Å²) in [6.07, 6.45) is 1.16. The molecule has 0 spiro atoms. The van der Waals surface area contributed by atoms with Gasteiger partial charge in [-0.05, 0) is 26.1 Å². The summed E-state index contributed by atoms with van der Waals surface area (Å²) in [5.41, 5.74) is 0. The zero-order valence-corrected chi connectivity index (χ0v) is 10.6. The van der Waals surface area contributed by atoms with Crippen LogP contribution < -0.4 is 0 Å². The topological polar surface area (TPSA) is 9.23 Å². The zero-order chi connectivity index (χ0) is 8.91. The van der Waals surface area contributed by atoms with Gasteiger partial charge in [-0.25, -0.2) is 0 Å². The standard InChI is InChI=1S/C8H21OSi2/c1-10(2)8-6-7-9-11(3,4)5/h7,10H,6,8H2,1-5H3. The second-order valence-corrected chi connectivity index (χ2v) is 12.2. The Labute approximate surface area is 73.9 Å². The van der Waals surface area contributed by atoms with Crippen molar-refractivity contribution < 1.29 is 4.43 Å². The summed E-state index contributed by atoms with van der Waals surface area (Å²) >= 11 is 0. The molecule has 0 unspecified atom stereocenters. The Morgan fingerprint density at radius 1 is 1.27 bits per heavy atom. The molecule has 0 aliphatic rings. The molecule has 0 rings (SSSR count). The monoisotopic (exact) mass is 189 g/mol. The summed E-state index contributed by atoms with van der Waals surface area (Å²) in [4.78, 5) is 0. The molecule has 0 heterocycles. The minimum absolute atomic E-state index is 0.352. The Kier molecular flexibility index (Phi) is 5.30. The smallest absolute Gasteiger partial charge is 0.184 e. The van der Waals surface area contributed by atoms with Gasteiger partial charge < -0.3 is 4.43 Å². The van der Waals surface area contributed by atoms with E-state index in [4.69, 9.17) is 4.43 Å². The summed E-state index contributed by atoms with van der Waals surface area (Å²) in [7, 11) is -1.62. The second kappa shape index (κ2) is 5.11. The highest BCUT2D eigenvalue weighted by Gasteiger charge is 2.13. The van der Waals surface area contributed by atoms with E-state index in [1.807, 2.05) is 6.61 Å². The maximum Gasteiger partial charge on any atom is 0.184 e. The maximum absolute atomic E-state index is 5.62. The molecule has 67 valence electrons. The van der Waals surface area contributed by atoms with Crippen molar-refractivity contribution in [2.45, 2.75) is 45.2 Å². The minimum atomic E-state index is -1.27. The lowest BCUT2D eigenvalue weighted by Gasteiger charge is -2.16. The van der Waals surface area contributed by atoms with E-state index in [0.29, 0.717) is 0 Å². The average Bonchev–Trinajstić information content (AvgIpc) is 1.78. The van der Waals surface area contributed by atoms with Crippen molar-refractivity contribution in [3.05, 3.63) is 6.61 Å². The quantitative estimate of drug-likeness (QED) is 0.477. The van der Waals surface area contributed by atoms with Crippen LogP contribution in [0.4, 0.5) is 0 Å². The summed E-state index contributed by atoms with van der Waals surface area (Å²) in [6, 6.07) is 1.38. The molecule has 0 bridgehead atoms. The molecule has 0 saturated heterocycles. The van der Waals surface area contributed by atoms with Gasteiger partial charge in [0.25, 0.3) is 0 Å². The first-order valence-corrected chi connectivity index (χ1v) is 10.9. The van der Waals surface area contributed by atoms with Crippen LogP contribution in [0.5, 0.6) is 0 Å². The lowest BCUT2D eigenvalue weighted by atomic mass is 10.5. The maximum atomic E-state index is 5.62. The lowest BCUT2D eigenvalue weighted by molar-refractivity contribution is 0.393. The van der Waals surface area contributed by atoms with Crippen molar-refractivity contribution in [2.75, 3.05) is 0 Å². The van der Waals surface area contributed by atoms with Gasteiger partial charge in [0.15, 0.2) is 8.32 Å². The van der Waals surface area contributed by atoms with Crippen LogP contribution in [0.15, 0.2) is 0 Å². The van der Waals surface area contributed by atoms with Gasteiger partial charge in [0.1, 0.15) is 0 Å². The van der Waals surface area contributed by atoms with Crippen molar-refractivity contribution in [1.82, 2.24) is 0 Å². The molecule has 0 aliphatic carbocycles. The van der Waals surface area contributed by atoms with E-state index in [9.17, 15) is 0 Å². The molecule has 0 aromatic heterocycles. The normalized spacial score (nSPS) is 12.5. The summed E-state index contributed by atoms with van der Waals surface area (Å²) in [5.74, 6) is 0. The fourth-order valence-corrected chi connectivity index (χ4v) is 2.13. The van der Waals surface area contributed by atoms with Crippen molar-refractivity contribution in [2.24, 2.45) is 0 Å². The summed E-state index contributed by atoms with van der Waals surface area (Å²) in [5, 5.41) is 0. The molecule has 0 fully saturated rings. The third-order valence-corrected chi connectivity index (χ3v) is 3.66. The zero-order valence-electron chi connectivity index (χ0n) is 8.48. The van der Waals surface area contributed by atoms with Gasteiger partial charge >= 0.3 is 0 Å². The molecule has 1 radical (unpaired) electrons. The molecule has 0 N–H and O–H groups in total. The molecule has 0 saturated carbocycles. The van der Waals surface area contributed by atoms with Crippen molar-refractivity contribution >= 4 is 17.1 Å².